The van der Waals surface area contributed by atoms with Gasteiger partial charge in [0, 0.05) is 23.5 Å². The number of piperidine rings is 1. The lowest BCUT2D eigenvalue weighted by Crippen LogP contribution is -2.43. The van der Waals surface area contributed by atoms with E-state index >= 15 is 0 Å². The van der Waals surface area contributed by atoms with Crippen LogP contribution in [0.3, 0.4) is 0 Å². The van der Waals surface area contributed by atoms with E-state index in [1.165, 1.54) is 20.0 Å². The third-order valence-electron chi connectivity index (χ3n) is 5.25. The van der Waals surface area contributed by atoms with Crippen LogP contribution in [-0.2, 0) is 0 Å². The van der Waals surface area contributed by atoms with Gasteiger partial charge in [-0.05, 0) is 50.9 Å². The molecule has 2 bridgehead atoms. The van der Waals surface area contributed by atoms with Gasteiger partial charge in [0.1, 0.15) is 17.4 Å². The number of hydrogen-bond acceptors (Lipinski definition) is 5. The maximum atomic E-state index is 11.8. The second kappa shape index (κ2) is 6.65. The minimum Gasteiger partial charge on any atom is -0.490 e. The van der Waals surface area contributed by atoms with Crippen LogP contribution in [0.25, 0.3) is 11.0 Å². The largest absolute Gasteiger partial charge is 0.490 e. The van der Waals surface area contributed by atoms with E-state index in [1.54, 1.807) is 12.1 Å². The number of halogens is 1. The maximum absolute atomic E-state index is 11.8. The number of ether oxygens (including phenoxy) is 2. The highest BCUT2D eigenvalue weighted by Gasteiger charge is 2.39. The molecule has 4 rings (SSSR count). The lowest BCUT2D eigenvalue weighted by atomic mass is 10.0. The molecule has 0 radical (unpaired) electrons. The third-order valence-corrected chi connectivity index (χ3v) is 5.25. The monoisotopic (exact) mass is 351 g/mol. The van der Waals surface area contributed by atoms with Gasteiger partial charge in [-0.2, -0.15) is 0 Å². The van der Waals surface area contributed by atoms with E-state index in [2.05, 4.69) is 11.9 Å². The summed E-state index contributed by atoms with van der Waals surface area (Å²) >= 11 is 0. The molecule has 1 aromatic heterocycles. The van der Waals surface area contributed by atoms with Gasteiger partial charge in [-0.25, -0.2) is 4.79 Å². The number of methoxy groups -OCH3 is 1. The summed E-state index contributed by atoms with van der Waals surface area (Å²) in [5, 5.41) is 0.831. The van der Waals surface area contributed by atoms with Gasteiger partial charge < -0.3 is 18.8 Å². The SMILES string of the molecule is COc1cc2ccc(OC3CC4CCC(C3)N4C)cc2oc1=O.Cl. The molecule has 2 atom stereocenters. The van der Waals surface area contributed by atoms with E-state index in [0.717, 1.165) is 24.0 Å². The van der Waals surface area contributed by atoms with E-state index in [4.69, 9.17) is 13.9 Å². The van der Waals surface area contributed by atoms with Crippen molar-refractivity contribution < 1.29 is 13.9 Å². The zero-order chi connectivity index (χ0) is 16.0. The minimum atomic E-state index is -0.463. The van der Waals surface area contributed by atoms with Gasteiger partial charge in [0.05, 0.1) is 7.11 Å². The number of benzene rings is 1. The van der Waals surface area contributed by atoms with Crippen molar-refractivity contribution in [3.05, 3.63) is 34.7 Å². The topological polar surface area (TPSA) is 51.9 Å². The average molecular weight is 352 g/mol. The van der Waals surface area contributed by atoms with Crippen LogP contribution in [0.5, 0.6) is 11.5 Å². The van der Waals surface area contributed by atoms with Gasteiger partial charge >= 0.3 is 5.63 Å². The average Bonchev–Trinajstić information content (AvgIpc) is 2.75. The number of nitrogens with zero attached hydrogens (tertiary/aromatic N) is 1. The molecule has 2 aliphatic heterocycles. The maximum Gasteiger partial charge on any atom is 0.379 e. The molecule has 2 fully saturated rings. The zero-order valence-electron chi connectivity index (χ0n) is 13.9. The predicted octanol–water partition coefficient (Wildman–Crippen LogP) is 3.23. The molecule has 2 saturated heterocycles. The smallest absolute Gasteiger partial charge is 0.379 e. The first-order valence-electron chi connectivity index (χ1n) is 8.14. The summed E-state index contributed by atoms with van der Waals surface area (Å²) in [5.74, 6) is 0.984. The van der Waals surface area contributed by atoms with Gasteiger partial charge in [0.2, 0.25) is 5.75 Å². The van der Waals surface area contributed by atoms with Gasteiger partial charge in [0.25, 0.3) is 0 Å². The highest BCUT2D eigenvalue weighted by atomic mass is 35.5. The van der Waals surface area contributed by atoms with Crippen molar-refractivity contribution in [2.45, 2.75) is 43.9 Å². The molecule has 0 spiro atoms. The molecule has 2 unspecified atom stereocenters. The van der Waals surface area contributed by atoms with Crippen LogP contribution in [0.4, 0.5) is 0 Å². The lowest BCUT2D eigenvalue weighted by molar-refractivity contribution is 0.0662. The zero-order valence-corrected chi connectivity index (χ0v) is 14.7. The van der Waals surface area contributed by atoms with E-state index in [0.29, 0.717) is 17.7 Å². The van der Waals surface area contributed by atoms with Crippen LogP contribution < -0.4 is 15.1 Å². The van der Waals surface area contributed by atoms with Crippen LogP contribution in [0, 0.1) is 0 Å². The fourth-order valence-corrected chi connectivity index (χ4v) is 3.94. The summed E-state index contributed by atoms with van der Waals surface area (Å²) in [7, 11) is 3.68. The molecule has 0 saturated carbocycles. The Bertz CT molecular complexity index is 776. The first-order valence-corrected chi connectivity index (χ1v) is 8.14. The Morgan fingerprint density at radius 3 is 2.54 bits per heavy atom. The van der Waals surface area contributed by atoms with Crippen LogP contribution in [-0.4, -0.2) is 37.2 Å². The Labute approximate surface area is 146 Å². The highest BCUT2D eigenvalue weighted by molar-refractivity contribution is 5.85. The van der Waals surface area contributed by atoms with Crippen molar-refractivity contribution in [1.29, 1.82) is 0 Å². The molecule has 130 valence electrons. The number of hydrogen-bond donors (Lipinski definition) is 0. The molecule has 2 aliphatic rings. The number of rotatable bonds is 3. The second-order valence-electron chi connectivity index (χ2n) is 6.56. The molecule has 6 heteroatoms. The van der Waals surface area contributed by atoms with Crippen molar-refractivity contribution in [1.82, 2.24) is 4.90 Å². The Hall–Kier alpha value is -1.72. The van der Waals surface area contributed by atoms with Crippen molar-refractivity contribution in [3.63, 3.8) is 0 Å². The standard InChI is InChI=1S/C18H21NO4.ClH/c1-19-12-4-5-13(19)9-15(8-12)22-14-6-3-11-7-17(21-2)18(20)23-16(11)10-14;/h3,6-7,10,12-13,15H,4-5,8-9H2,1-2H3;1H. The molecule has 0 amide bonds. The fourth-order valence-electron chi connectivity index (χ4n) is 3.94. The highest BCUT2D eigenvalue weighted by Crippen LogP contribution is 2.36. The quantitative estimate of drug-likeness (QED) is 0.795. The van der Waals surface area contributed by atoms with Gasteiger partial charge in [-0.1, -0.05) is 0 Å². The van der Waals surface area contributed by atoms with E-state index in [1.807, 2.05) is 12.1 Å². The Morgan fingerprint density at radius 2 is 1.88 bits per heavy atom. The molecular formula is C18H22ClNO4. The summed E-state index contributed by atoms with van der Waals surface area (Å²) in [6, 6.07) is 8.61. The Balaban J connectivity index is 0.00000169. The van der Waals surface area contributed by atoms with Crippen LogP contribution in [0.1, 0.15) is 25.7 Å². The summed E-state index contributed by atoms with van der Waals surface area (Å²) in [6.07, 6.45) is 4.92. The van der Waals surface area contributed by atoms with Crippen molar-refractivity contribution in [3.8, 4) is 11.5 Å². The summed E-state index contributed by atoms with van der Waals surface area (Å²) in [4.78, 5) is 14.2. The summed E-state index contributed by atoms with van der Waals surface area (Å²) in [5.41, 5.74) is 0.0682. The molecule has 2 aromatic rings. The van der Waals surface area contributed by atoms with E-state index < -0.39 is 5.63 Å². The molecule has 0 N–H and O–H groups in total. The Morgan fingerprint density at radius 1 is 1.17 bits per heavy atom. The third kappa shape index (κ3) is 2.98. The van der Waals surface area contributed by atoms with E-state index in [9.17, 15) is 4.79 Å². The summed E-state index contributed by atoms with van der Waals surface area (Å²) in [6.45, 7) is 0. The molecule has 24 heavy (non-hydrogen) atoms. The fraction of sp³-hybridized carbons (Fsp3) is 0.500. The molecule has 5 nitrogen and oxygen atoms in total. The second-order valence-corrected chi connectivity index (χ2v) is 6.56. The number of fused-ring (bicyclic) bond motifs is 3. The van der Waals surface area contributed by atoms with Crippen LogP contribution in [0.15, 0.2) is 33.5 Å². The van der Waals surface area contributed by atoms with Crippen LogP contribution in [0.2, 0.25) is 0 Å². The van der Waals surface area contributed by atoms with Crippen LogP contribution >= 0.6 is 12.4 Å². The van der Waals surface area contributed by atoms with Crippen molar-refractivity contribution in [2.75, 3.05) is 14.2 Å². The normalized spacial score (nSPS) is 26.2. The predicted molar refractivity (Wildman–Crippen MR) is 94.5 cm³/mol. The minimum absolute atomic E-state index is 0. The molecule has 0 aliphatic carbocycles. The summed E-state index contributed by atoms with van der Waals surface area (Å²) < 4.78 is 16.5. The van der Waals surface area contributed by atoms with Gasteiger partial charge in [-0.15, -0.1) is 12.4 Å². The van der Waals surface area contributed by atoms with Crippen molar-refractivity contribution >= 4 is 23.4 Å². The van der Waals surface area contributed by atoms with Crippen molar-refractivity contribution in [2.24, 2.45) is 0 Å². The van der Waals surface area contributed by atoms with Gasteiger partial charge in [-0.3, -0.25) is 0 Å². The molecular weight excluding hydrogens is 330 g/mol. The molecule has 3 heterocycles. The Kier molecular flexibility index (Phi) is 4.74. The lowest BCUT2D eigenvalue weighted by Gasteiger charge is -2.36. The van der Waals surface area contributed by atoms with E-state index in [-0.39, 0.29) is 24.3 Å². The van der Waals surface area contributed by atoms with Gasteiger partial charge in [0.15, 0.2) is 0 Å². The first-order chi connectivity index (χ1) is 11.1. The molecule has 1 aromatic carbocycles. The first kappa shape index (κ1) is 17.1.